The lowest BCUT2D eigenvalue weighted by molar-refractivity contribution is -0.122. The fraction of sp³-hybridized carbons (Fsp3) is 0.211. The number of thiophene rings is 1. The van der Waals surface area contributed by atoms with Crippen molar-refractivity contribution in [2.45, 2.75) is 19.3 Å². The number of nitrogens with one attached hydrogen (secondary N) is 1. The summed E-state index contributed by atoms with van der Waals surface area (Å²) in [5.41, 5.74) is 1.90. The number of thiocarbonyl (C=S) groups is 1. The highest BCUT2D eigenvalue weighted by molar-refractivity contribution is 8.26. The van der Waals surface area contributed by atoms with Gasteiger partial charge in [0.25, 0.3) is 5.91 Å². The first-order chi connectivity index (χ1) is 14.5. The SMILES string of the molecule is O=C1/C(=C/c2cc(-c3ccc(Cl)cc3Cl)cs2)SC(=S)N1CCCCc1nn[nH]n1. The van der Waals surface area contributed by atoms with Gasteiger partial charge < -0.3 is 0 Å². The molecule has 6 nitrogen and oxygen atoms in total. The molecule has 2 aromatic heterocycles. The van der Waals surface area contributed by atoms with Crippen molar-refractivity contribution in [3.63, 3.8) is 0 Å². The van der Waals surface area contributed by atoms with Crippen LogP contribution >= 0.6 is 58.5 Å². The van der Waals surface area contributed by atoms with E-state index in [4.69, 9.17) is 35.4 Å². The van der Waals surface area contributed by atoms with Gasteiger partial charge >= 0.3 is 0 Å². The molecule has 1 aliphatic rings. The Hall–Kier alpha value is -1.78. The Labute approximate surface area is 196 Å². The van der Waals surface area contributed by atoms with E-state index in [9.17, 15) is 4.79 Å². The van der Waals surface area contributed by atoms with Crippen molar-refractivity contribution < 1.29 is 4.79 Å². The maximum absolute atomic E-state index is 12.8. The maximum atomic E-state index is 12.8. The Morgan fingerprint density at radius 2 is 2.10 bits per heavy atom. The summed E-state index contributed by atoms with van der Waals surface area (Å²) in [5.74, 6) is 0.624. The molecule has 154 valence electrons. The zero-order valence-electron chi connectivity index (χ0n) is 15.5. The van der Waals surface area contributed by atoms with Gasteiger partial charge in [0.2, 0.25) is 0 Å². The van der Waals surface area contributed by atoms with Crippen molar-refractivity contribution in [2.75, 3.05) is 6.54 Å². The third kappa shape index (κ3) is 4.92. The van der Waals surface area contributed by atoms with Crippen LogP contribution in [0, 0.1) is 0 Å². The lowest BCUT2D eigenvalue weighted by Crippen LogP contribution is -2.29. The standard InChI is InChI=1S/C19H15Cl2N5OS3/c20-12-4-5-14(15(21)8-12)11-7-13(29-10-11)9-16-18(27)26(19(28)30-16)6-2-1-3-17-22-24-25-23-17/h4-5,7-10H,1-3,6H2,(H,22,23,24,25)/b16-9-. The molecule has 0 bridgehead atoms. The molecule has 0 spiro atoms. The summed E-state index contributed by atoms with van der Waals surface area (Å²) in [7, 11) is 0. The number of aryl methyl sites for hydroxylation is 1. The van der Waals surface area contributed by atoms with Gasteiger partial charge in [0.15, 0.2) is 5.82 Å². The zero-order valence-corrected chi connectivity index (χ0v) is 19.4. The fourth-order valence-corrected chi connectivity index (χ4v) is 5.69. The number of rotatable bonds is 7. The molecule has 0 radical (unpaired) electrons. The van der Waals surface area contributed by atoms with E-state index in [1.807, 2.05) is 29.7 Å². The molecule has 4 rings (SSSR count). The molecule has 1 aromatic carbocycles. The first-order valence-corrected chi connectivity index (χ1v) is 11.9. The van der Waals surface area contributed by atoms with E-state index in [-0.39, 0.29) is 5.91 Å². The number of hydrogen-bond donors (Lipinski definition) is 1. The summed E-state index contributed by atoms with van der Waals surface area (Å²) in [4.78, 5) is 16.0. The van der Waals surface area contributed by atoms with Gasteiger partial charge in [-0.05, 0) is 48.1 Å². The Kier molecular flexibility index (Phi) is 6.84. The van der Waals surface area contributed by atoms with E-state index in [0.29, 0.717) is 38.1 Å². The minimum absolute atomic E-state index is 0.0518. The van der Waals surface area contributed by atoms with Crippen molar-refractivity contribution in [3.8, 4) is 11.1 Å². The fourth-order valence-electron chi connectivity index (χ4n) is 2.96. The summed E-state index contributed by atoms with van der Waals surface area (Å²) >= 11 is 20.6. The van der Waals surface area contributed by atoms with Crippen LogP contribution in [0.3, 0.4) is 0 Å². The largest absolute Gasteiger partial charge is 0.293 e. The first-order valence-electron chi connectivity index (χ1n) is 9.03. The number of tetrazole rings is 1. The molecule has 30 heavy (non-hydrogen) atoms. The summed E-state index contributed by atoms with van der Waals surface area (Å²) in [6.07, 6.45) is 4.27. The molecule has 0 aliphatic carbocycles. The predicted molar refractivity (Wildman–Crippen MR) is 127 cm³/mol. The molecule has 1 fully saturated rings. The topological polar surface area (TPSA) is 74.8 Å². The van der Waals surface area contributed by atoms with Crippen LogP contribution in [-0.4, -0.2) is 42.3 Å². The molecular weight excluding hydrogens is 481 g/mol. The van der Waals surface area contributed by atoms with Gasteiger partial charge in [-0.1, -0.05) is 58.5 Å². The van der Waals surface area contributed by atoms with Gasteiger partial charge in [-0.2, -0.15) is 5.21 Å². The number of benzene rings is 1. The number of carbonyl (C=O) groups is 1. The van der Waals surface area contributed by atoms with Crippen LogP contribution in [0.1, 0.15) is 23.5 Å². The van der Waals surface area contributed by atoms with Gasteiger partial charge in [0.1, 0.15) is 4.32 Å². The van der Waals surface area contributed by atoms with Crippen LogP contribution in [-0.2, 0) is 11.2 Å². The lowest BCUT2D eigenvalue weighted by atomic mass is 10.1. The number of thioether (sulfide) groups is 1. The highest BCUT2D eigenvalue weighted by Gasteiger charge is 2.31. The van der Waals surface area contributed by atoms with Crippen molar-refractivity contribution in [2.24, 2.45) is 0 Å². The number of halogens is 2. The number of amides is 1. The zero-order chi connectivity index (χ0) is 21.1. The smallest absolute Gasteiger partial charge is 0.266 e. The van der Waals surface area contributed by atoms with Crippen LogP contribution in [0.15, 0.2) is 34.6 Å². The second-order valence-electron chi connectivity index (χ2n) is 6.48. The van der Waals surface area contributed by atoms with E-state index < -0.39 is 0 Å². The second kappa shape index (κ2) is 9.57. The average Bonchev–Trinajstić information content (AvgIpc) is 3.43. The molecule has 3 heterocycles. The minimum atomic E-state index is -0.0518. The quantitative estimate of drug-likeness (QED) is 0.266. The number of nitrogens with zero attached hydrogens (tertiary/aromatic N) is 4. The number of carbonyl (C=O) groups excluding carboxylic acids is 1. The van der Waals surface area contributed by atoms with Crippen molar-refractivity contribution >= 4 is 74.8 Å². The third-order valence-electron chi connectivity index (χ3n) is 4.43. The molecular formula is C19H15Cl2N5OS3. The Morgan fingerprint density at radius 1 is 1.23 bits per heavy atom. The van der Waals surface area contributed by atoms with E-state index in [2.05, 4.69) is 20.6 Å². The van der Waals surface area contributed by atoms with Crippen molar-refractivity contribution in [1.29, 1.82) is 0 Å². The van der Waals surface area contributed by atoms with Crippen LogP contribution in [0.25, 0.3) is 17.2 Å². The molecule has 0 unspecified atom stereocenters. The number of aromatic amines is 1. The number of hydrogen-bond acceptors (Lipinski definition) is 7. The summed E-state index contributed by atoms with van der Waals surface area (Å²) < 4.78 is 0.586. The molecule has 1 N–H and O–H groups in total. The maximum Gasteiger partial charge on any atom is 0.266 e. The third-order valence-corrected chi connectivity index (χ3v) is 7.24. The predicted octanol–water partition coefficient (Wildman–Crippen LogP) is 5.46. The van der Waals surface area contributed by atoms with E-state index in [0.717, 1.165) is 28.8 Å². The van der Waals surface area contributed by atoms with E-state index >= 15 is 0 Å². The van der Waals surface area contributed by atoms with Crippen LogP contribution in [0.5, 0.6) is 0 Å². The first kappa shape index (κ1) is 21.5. The van der Waals surface area contributed by atoms with Crippen molar-refractivity contribution in [3.05, 3.63) is 55.3 Å². The molecule has 0 atom stereocenters. The number of H-pyrrole nitrogens is 1. The van der Waals surface area contributed by atoms with Gasteiger partial charge in [-0.25, -0.2) is 0 Å². The highest BCUT2D eigenvalue weighted by atomic mass is 35.5. The van der Waals surface area contributed by atoms with Crippen LogP contribution in [0.4, 0.5) is 0 Å². The van der Waals surface area contributed by atoms with E-state index in [1.54, 1.807) is 22.3 Å². The van der Waals surface area contributed by atoms with Gasteiger partial charge in [-0.15, -0.1) is 21.5 Å². The number of unbranched alkanes of at least 4 members (excludes halogenated alkanes) is 1. The Balaban J connectivity index is 1.40. The summed E-state index contributed by atoms with van der Waals surface area (Å²) in [6.45, 7) is 0.579. The molecule has 0 saturated carbocycles. The van der Waals surface area contributed by atoms with Crippen molar-refractivity contribution in [1.82, 2.24) is 25.5 Å². The average molecular weight is 496 g/mol. The van der Waals surface area contributed by atoms with E-state index in [1.165, 1.54) is 11.8 Å². The Morgan fingerprint density at radius 3 is 2.87 bits per heavy atom. The Bertz CT molecular complexity index is 1110. The molecule has 1 aliphatic heterocycles. The van der Waals surface area contributed by atoms with Gasteiger partial charge in [-0.3, -0.25) is 9.69 Å². The minimum Gasteiger partial charge on any atom is -0.293 e. The number of aromatic nitrogens is 4. The van der Waals surface area contributed by atoms with Crippen LogP contribution in [0.2, 0.25) is 10.0 Å². The molecule has 3 aromatic rings. The normalized spacial score (nSPS) is 15.5. The summed E-state index contributed by atoms with van der Waals surface area (Å²) in [6, 6.07) is 7.44. The molecule has 1 amide bonds. The van der Waals surface area contributed by atoms with Gasteiger partial charge in [0, 0.05) is 33.5 Å². The lowest BCUT2D eigenvalue weighted by Gasteiger charge is -2.13. The second-order valence-corrected chi connectivity index (χ2v) is 9.94. The summed E-state index contributed by atoms with van der Waals surface area (Å²) in [5, 5.41) is 17.0. The molecule has 1 saturated heterocycles. The van der Waals surface area contributed by atoms with Gasteiger partial charge in [0.05, 0.1) is 4.91 Å². The highest BCUT2D eigenvalue weighted by Crippen LogP contribution is 2.37. The monoisotopic (exact) mass is 495 g/mol. The van der Waals surface area contributed by atoms with Crippen LogP contribution < -0.4 is 0 Å². The molecule has 11 heteroatoms.